The molecule has 6 heteroatoms. The molecule has 0 saturated carbocycles. The number of benzene rings is 2. The van der Waals surface area contributed by atoms with Crippen LogP contribution < -0.4 is 4.90 Å². The van der Waals surface area contributed by atoms with Gasteiger partial charge >= 0.3 is 0 Å². The Balaban J connectivity index is 1.87. The average Bonchev–Trinajstić information content (AvgIpc) is 3.06. The minimum absolute atomic E-state index is 0.0537. The predicted octanol–water partition coefficient (Wildman–Crippen LogP) is 5.89. The maximum absolute atomic E-state index is 12.7. The Morgan fingerprint density at radius 3 is 2.46 bits per heavy atom. The first kappa shape index (κ1) is 17.1. The zero-order valence-electron chi connectivity index (χ0n) is 12.9. The molecule has 0 fully saturated rings. The third kappa shape index (κ3) is 3.69. The van der Waals surface area contributed by atoms with Crippen LogP contribution in [0.2, 0.25) is 5.02 Å². The monoisotopic (exact) mass is 420 g/mol. The molecule has 0 aliphatic heterocycles. The van der Waals surface area contributed by atoms with E-state index in [4.69, 9.17) is 11.6 Å². The number of rotatable bonds is 4. The van der Waals surface area contributed by atoms with Crippen LogP contribution in [-0.4, -0.2) is 17.4 Å². The molecule has 0 saturated heterocycles. The summed E-state index contributed by atoms with van der Waals surface area (Å²) >= 11 is 10.8. The van der Waals surface area contributed by atoms with Gasteiger partial charge in [-0.3, -0.25) is 9.69 Å². The third-order valence-corrected chi connectivity index (χ3v) is 5.16. The Bertz CT molecular complexity index is 846. The number of hydrogen-bond acceptors (Lipinski definition) is 3. The summed E-state index contributed by atoms with van der Waals surface area (Å²) in [6, 6.07) is 14.9. The molecule has 2 aromatic carbocycles. The van der Waals surface area contributed by atoms with Gasteiger partial charge in [-0.25, -0.2) is 4.98 Å². The van der Waals surface area contributed by atoms with E-state index < -0.39 is 0 Å². The van der Waals surface area contributed by atoms with Crippen LogP contribution in [0.1, 0.15) is 17.3 Å². The molecule has 24 heavy (non-hydrogen) atoms. The molecule has 1 amide bonds. The molecule has 0 bridgehead atoms. The van der Waals surface area contributed by atoms with E-state index in [0.29, 0.717) is 22.3 Å². The Kier molecular flexibility index (Phi) is 5.33. The number of carbonyl (C=O) groups excluding carboxylic acids is 1. The molecule has 122 valence electrons. The fourth-order valence-corrected chi connectivity index (χ4v) is 3.54. The van der Waals surface area contributed by atoms with Crippen LogP contribution in [0.3, 0.4) is 0 Å². The lowest BCUT2D eigenvalue weighted by Crippen LogP contribution is -2.30. The van der Waals surface area contributed by atoms with Crippen molar-refractivity contribution in [3.63, 3.8) is 0 Å². The van der Waals surface area contributed by atoms with Gasteiger partial charge < -0.3 is 0 Å². The molecule has 0 aliphatic carbocycles. The molecule has 0 unspecified atom stereocenters. The largest absolute Gasteiger partial charge is 0.284 e. The van der Waals surface area contributed by atoms with Gasteiger partial charge in [0, 0.05) is 32.5 Å². The normalized spacial score (nSPS) is 10.6. The predicted molar refractivity (Wildman–Crippen MR) is 104 cm³/mol. The van der Waals surface area contributed by atoms with E-state index in [0.717, 1.165) is 15.7 Å². The highest BCUT2D eigenvalue weighted by atomic mass is 79.9. The van der Waals surface area contributed by atoms with Crippen LogP contribution in [0, 0.1) is 0 Å². The molecule has 1 aromatic heterocycles. The molecule has 3 nitrogen and oxygen atoms in total. The van der Waals surface area contributed by atoms with Crippen molar-refractivity contribution in [1.29, 1.82) is 0 Å². The van der Waals surface area contributed by atoms with Crippen LogP contribution in [0.5, 0.6) is 0 Å². The second-order valence-corrected chi connectivity index (χ2v) is 7.27. The number of hydrogen-bond donors (Lipinski definition) is 0. The molecular formula is C18H14BrClN2OS. The zero-order valence-corrected chi connectivity index (χ0v) is 16.0. The van der Waals surface area contributed by atoms with Gasteiger partial charge in [0.15, 0.2) is 5.13 Å². The van der Waals surface area contributed by atoms with Gasteiger partial charge in [0.05, 0.1) is 5.69 Å². The fourth-order valence-electron chi connectivity index (χ4n) is 2.26. The van der Waals surface area contributed by atoms with Gasteiger partial charge in [-0.15, -0.1) is 11.3 Å². The summed E-state index contributed by atoms with van der Waals surface area (Å²) in [6.07, 6.45) is 0. The molecular weight excluding hydrogens is 408 g/mol. The maximum atomic E-state index is 12.7. The summed E-state index contributed by atoms with van der Waals surface area (Å²) in [5, 5.41) is 3.33. The number of carbonyl (C=O) groups is 1. The highest BCUT2D eigenvalue weighted by molar-refractivity contribution is 9.10. The van der Waals surface area contributed by atoms with Crippen molar-refractivity contribution in [3.8, 4) is 11.3 Å². The van der Waals surface area contributed by atoms with E-state index in [1.807, 2.05) is 60.8 Å². The van der Waals surface area contributed by atoms with Crippen LogP contribution in [-0.2, 0) is 0 Å². The number of aromatic nitrogens is 1. The molecule has 3 aromatic rings. The van der Waals surface area contributed by atoms with Gasteiger partial charge in [0.25, 0.3) is 5.91 Å². The van der Waals surface area contributed by atoms with E-state index in [1.165, 1.54) is 11.3 Å². The molecule has 0 N–H and O–H groups in total. The summed E-state index contributed by atoms with van der Waals surface area (Å²) in [7, 11) is 0. The first-order valence-corrected chi connectivity index (χ1v) is 9.42. The van der Waals surface area contributed by atoms with Crippen molar-refractivity contribution in [3.05, 3.63) is 69.0 Å². The van der Waals surface area contributed by atoms with Crippen molar-refractivity contribution in [1.82, 2.24) is 4.98 Å². The SMILES string of the molecule is CCN(C(=O)c1ccc(Br)cc1)c1nc(-c2ccc(Cl)cc2)cs1. The van der Waals surface area contributed by atoms with Crippen LogP contribution in [0.25, 0.3) is 11.3 Å². The summed E-state index contributed by atoms with van der Waals surface area (Å²) in [4.78, 5) is 19.0. The summed E-state index contributed by atoms with van der Waals surface area (Å²) in [5.41, 5.74) is 2.46. The van der Waals surface area contributed by atoms with Crippen LogP contribution in [0.4, 0.5) is 5.13 Å². The van der Waals surface area contributed by atoms with Gasteiger partial charge in [-0.2, -0.15) is 0 Å². The smallest absolute Gasteiger partial charge is 0.260 e. The van der Waals surface area contributed by atoms with Gasteiger partial charge in [0.2, 0.25) is 0 Å². The number of halogens is 2. The lowest BCUT2D eigenvalue weighted by Gasteiger charge is -2.17. The van der Waals surface area contributed by atoms with E-state index in [9.17, 15) is 4.79 Å². The van der Waals surface area contributed by atoms with E-state index >= 15 is 0 Å². The fraction of sp³-hybridized carbons (Fsp3) is 0.111. The Morgan fingerprint density at radius 2 is 1.83 bits per heavy atom. The number of nitrogens with zero attached hydrogens (tertiary/aromatic N) is 2. The number of thiazole rings is 1. The summed E-state index contributed by atoms with van der Waals surface area (Å²) in [6.45, 7) is 2.50. The third-order valence-electron chi connectivity index (χ3n) is 3.52. The first-order chi connectivity index (χ1) is 11.6. The van der Waals surface area contributed by atoms with E-state index in [2.05, 4.69) is 20.9 Å². The van der Waals surface area contributed by atoms with E-state index in [1.54, 1.807) is 4.90 Å². The highest BCUT2D eigenvalue weighted by Crippen LogP contribution is 2.29. The molecule has 3 rings (SSSR count). The van der Waals surface area contributed by atoms with Crippen molar-refractivity contribution in [2.75, 3.05) is 11.4 Å². The second kappa shape index (κ2) is 7.47. The van der Waals surface area contributed by atoms with Crippen molar-refractivity contribution in [2.45, 2.75) is 6.92 Å². The first-order valence-electron chi connectivity index (χ1n) is 7.37. The lowest BCUT2D eigenvalue weighted by molar-refractivity contribution is 0.0988. The topological polar surface area (TPSA) is 33.2 Å². The van der Waals surface area contributed by atoms with Crippen molar-refractivity contribution in [2.24, 2.45) is 0 Å². The van der Waals surface area contributed by atoms with E-state index in [-0.39, 0.29) is 5.91 Å². The molecule has 0 atom stereocenters. The number of anilines is 1. The van der Waals surface area contributed by atoms with Crippen LogP contribution in [0.15, 0.2) is 58.4 Å². The minimum atomic E-state index is -0.0537. The maximum Gasteiger partial charge on any atom is 0.260 e. The Hall–Kier alpha value is -1.69. The molecule has 0 radical (unpaired) electrons. The highest BCUT2D eigenvalue weighted by Gasteiger charge is 2.19. The standard InChI is InChI=1S/C18H14BrClN2OS/c1-2-22(17(23)13-3-7-14(19)8-4-13)18-21-16(11-24-18)12-5-9-15(20)10-6-12/h3-11H,2H2,1H3. The van der Waals surface area contributed by atoms with Gasteiger partial charge in [-0.1, -0.05) is 39.7 Å². The molecule has 0 aliphatic rings. The Morgan fingerprint density at radius 1 is 1.17 bits per heavy atom. The zero-order chi connectivity index (χ0) is 17.1. The summed E-state index contributed by atoms with van der Waals surface area (Å²) in [5.74, 6) is -0.0537. The summed E-state index contributed by atoms with van der Waals surface area (Å²) < 4.78 is 0.946. The van der Waals surface area contributed by atoms with Crippen LogP contribution >= 0.6 is 38.9 Å². The average molecular weight is 422 g/mol. The van der Waals surface area contributed by atoms with Crippen molar-refractivity contribution < 1.29 is 4.79 Å². The quantitative estimate of drug-likeness (QED) is 0.526. The van der Waals surface area contributed by atoms with Crippen molar-refractivity contribution >= 4 is 49.9 Å². The Labute approximate surface area is 158 Å². The van der Waals surface area contributed by atoms with Gasteiger partial charge in [0.1, 0.15) is 0 Å². The number of amides is 1. The molecule has 1 heterocycles. The van der Waals surface area contributed by atoms with Gasteiger partial charge in [-0.05, 0) is 43.3 Å². The minimum Gasteiger partial charge on any atom is -0.284 e. The lowest BCUT2D eigenvalue weighted by atomic mass is 10.2. The second-order valence-electron chi connectivity index (χ2n) is 5.08. The molecule has 0 spiro atoms.